The Morgan fingerprint density at radius 1 is 1.36 bits per heavy atom. The number of carbonyl (C=O) groups excluding carboxylic acids is 2. The molecule has 1 aliphatic rings. The molecule has 0 fully saturated rings. The predicted molar refractivity (Wildman–Crippen MR) is 80.6 cm³/mol. The third-order valence-corrected chi connectivity index (χ3v) is 3.32. The van der Waals surface area contributed by atoms with Crippen molar-refractivity contribution in [1.29, 1.82) is 0 Å². The zero-order chi connectivity index (χ0) is 16.1. The fourth-order valence-corrected chi connectivity index (χ4v) is 2.21. The lowest BCUT2D eigenvalue weighted by atomic mass is 10.2. The van der Waals surface area contributed by atoms with Gasteiger partial charge in [0, 0.05) is 13.0 Å². The highest BCUT2D eigenvalue weighted by Crippen LogP contribution is 2.38. The van der Waals surface area contributed by atoms with Gasteiger partial charge in [-0.1, -0.05) is 11.6 Å². The first-order valence-electron chi connectivity index (χ1n) is 7.10. The maximum atomic E-state index is 12.1. The van der Waals surface area contributed by atoms with Crippen LogP contribution in [0.2, 0.25) is 5.02 Å². The molecule has 0 aliphatic carbocycles. The molecule has 22 heavy (non-hydrogen) atoms. The van der Waals surface area contributed by atoms with E-state index in [1.807, 2.05) is 0 Å². The van der Waals surface area contributed by atoms with Crippen LogP contribution < -0.4 is 14.8 Å². The smallest absolute Gasteiger partial charge is 0.339 e. The van der Waals surface area contributed by atoms with E-state index in [1.165, 1.54) is 19.1 Å². The average Bonchev–Trinajstić information content (AvgIpc) is 2.73. The highest BCUT2D eigenvalue weighted by atomic mass is 35.5. The Labute approximate surface area is 133 Å². The Balaban J connectivity index is 2.15. The van der Waals surface area contributed by atoms with Crippen molar-refractivity contribution in [1.82, 2.24) is 5.32 Å². The Hall–Kier alpha value is -1.95. The summed E-state index contributed by atoms with van der Waals surface area (Å²) in [5, 5.41) is 2.86. The van der Waals surface area contributed by atoms with E-state index in [9.17, 15) is 9.59 Å². The number of hydrogen-bond donors (Lipinski definition) is 1. The molecular formula is C15H18ClNO5. The van der Waals surface area contributed by atoms with Crippen LogP contribution >= 0.6 is 11.6 Å². The molecule has 0 bridgehead atoms. The maximum absolute atomic E-state index is 12.1. The first-order valence-corrected chi connectivity index (χ1v) is 7.48. The van der Waals surface area contributed by atoms with Gasteiger partial charge in [-0.15, -0.1) is 0 Å². The van der Waals surface area contributed by atoms with Gasteiger partial charge in [-0.3, -0.25) is 4.79 Å². The molecule has 120 valence electrons. The van der Waals surface area contributed by atoms with Crippen molar-refractivity contribution < 1.29 is 23.8 Å². The first-order chi connectivity index (χ1) is 10.5. The van der Waals surface area contributed by atoms with E-state index in [0.29, 0.717) is 31.3 Å². The van der Waals surface area contributed by atoms with Crippen molar-refractivity contribution in [3.05, 3.63) is 22.7 Å². The number of amides is 1. The van der Waals surface area contributed by atoms with E-state index < -0.39 is 12.1 Å². The molecule has 2 rings (SSSR count). The van der Waals surface area contributed by atoms with Crippen LogP contribution in [0.4, 0.5) is 0 Å². The topological polar surface area (TPSA) is 73.9 Å². The summed E-state index contributed by atoms with van der Waals surface area (Å²) in [5.74, 6) is -0.164. The Kier molecular flexibility index (Phi) is 5.49. The van der Waals surface area contributed by atoms with Gasteiger partial charge >= 0.3 is 5.97 Å². The monoisotopic (exact) mass is 327 g/mol. The number of rotatable bonds is 4. The molecule has 0 unspecified atom stereocenters. The second kappa shape index (κ2) is 7.35. The number of benzene rings is 1. The van der Waals surface area contributed by atoms with Crippen LogP contribution in [0.15, 0.2) is 12.1 Å². The van der Waals surface area contributed by atoms with Gasteiger partial charge in [-0.25, -0.2) is 4.79 Å². The van der Waals surface area contributed by atoms with Crippen molar-refractivity contribution >= 4 is 23.5 Å². The van der Waals surface area contributed by atoms with Crippen LogP contribution in [-0.2, 0) is 9.53 Å². The maximum Gasteiger partial charge on any atom is 0.339 e. The van der Waals surface area contributed by atoms with Crippen molar-refractivity contribution in [2.45, 2.75) is 26.4 Å². The van der Waals surface area contributed by atoms with Gasteiger partial charge in [-0.05, 0) is 26.0 Å². The molecule has 1 aromatic rings. The van der Waals surface area contributed by atoms with Crippen molar-refractivity contribution in [2.24, 2.45) is 0 Å². The average molecular weight is 328 g/mol. The minimum absolute atomic E-state index is 0.213. The molecule has 1 N–H and O–H groups in total. The van der Waals surface area contributed by atoms with Gasteiger partial charge < -0.3 is 19.5 Å². The molecule has 7 heteroatoms. The molecule has 6 nitrogen and oxygen atoms in total. The normalized spacial score (nSPS) is 14.7. The molecule has 0 saturated carbocycles. The van der Waals surface area contributed by atoms with Crippen molar-refractivity contribution in [2.75, 3.05) is 19.8 Å². The molecule has 0 radical (unpaired) electrons. The molecule has 1 amide bonds. The molecule has 1 aliphatic heterocycles. The molecule has 1 heterocycles. The fourth-order valence-electron chi connectivity index (χ4n) is 1.95. The third-order valence-electron chi connectivity index (χ3n) is 3.04. The standard InChI is InChI=1S/C15H18ClNO5/c1-3-17-14(18)9(2)22-15(19)10-7-11(16)13-12(8-10)20-5-4-6-21-13/h7-9H,3-6H2,1-2H3,(H,17,18)/t9-/m1/s1. The number of nitrogens with one attached hydrogen (secondary N) is 1. The van der Waals surface area contributed by atoms with Gasteiger partial charge in [0.05, 0.1) is 23.8 Å². The third kappa shape index (κ3) is 3.82. The van der Waals surface area contributed by atoms with E-state index in [-0.39, 0.29) is 16.5 Å². The quantitative estimate of drug-likeness (QED) is 0.858. The van der Waals surface area contributed by atoms with Crippen molar-refractivity contribution in [3.63, 3.8) is 0 Å². The fraction of sp³-hybridized carbons (Fsp3) is 0.467. The van der Waals surface area contributed by atoms with E-state index >= 15 is 0 Å². The highest BCUT2D eigenvalue weighted by Gasteiger charge is 2.22. The lowest BCUT2D eigenvalue weighted by Crippen LogP contribution is -2.35. The van der Waals surface area contributed by atoms with Gasteiger partial charge in [0.15, 0.2) is 17.6 Å². The Morgan fingerprint density at radius 3 is 2.82 bits per heavy atom. The van der Waals surface area contributed by atoms with E-state index in [4.69, 9.17) is 25.8 Å². The lowest BCUT2D eigenvalue weighted by molar-refractivity contribution is -0.128. The first kappa shape index (κ1) is 16.4. The van der Waals surface area contributed by atoms with Gasteiger partial charge in [0.1, 0.15) is 0 Å². The van der Waals surface area contributed by atoms with Crippen LogP contribution in [0.25, 0.3) is 0 Å². The van der Waals surface area contributed by atoms with Crippen LogP contribution in [0.5, 0.6) is 11.5 Å². The molecule has 0 aromatic heterocycles. The van der Waals surface area contributed by atoms with Crippen LogP contribution in [0.3, 0.4) is 0 Å². The zero-order valence-electron chi connectivity index (χ0n) is 12.5. The highest BCUT2D eigenvalue weighted by molar-refractivity contribution is 6.32. The van der Waals surface area contributed by atoms with Crippen LogP contribution in [0, 0.1) is 0 Å². The van der Waals surface area contributed by atoms with Crippen LogP contribution in [-0.4, -0.2) is 37.7 Å². The summed E-state index contributed by atoms with van der Waals surface area (Å²) in [6.07, 6.45) is -0.152. The largest absolute Gasteiger partial charge is 0.489 e. The number of hydrogen-bond acceptors (Lipinski definition) is 5. The Morgan fingerprint density at radius 2 is 2.09 bits per heavy atom. The summed E-state index contributed by atoms with van der Waals surface area (Å²) in [6, 6.07) is 2.96. The molecule has 0 saturated heterocycles. The summed E-state index contributed by atoms with van der Waals surface area (Å²) in [4.78, 5) is 23.7. The zero-order valence-corrected chi connectivity index (χ0v) is 13.2. The van der Waals surface area contributed by atoms with E-state index in [0.717, 1.165) is 6.42 Å². The van der Waals surface area contributed by atoms with Crippen molar-refractivity contribution in [3.8, 4) is 11.5 Å². The SMILES string of the molecule is CCNC(=O)[C@@H](C)OC(=O)c1cc(Cl)c2c(c1)OCCCO2. The molecule has 1 aromatic carbocycles. The number of likely N-dealkylation sites (N-methyl/N-ethyl adjacent to an activating group) is 1. The summed E-state index contributed by atoms with van der Waals surface area (Å²) in [6.45, 7) is 4.75. The number of ether oxygens (including phenoxy) is 3. The Bertz CT molecular complexity index is 575. The number of fused-ring (bicyclic) bond motifs is 1. The van der Waals surface area contributed by atoms with E-state index in [2.05, 4.69) is 5.32 Å². The second-order valence-corrected chi connectivity index (χ2v) is 5.19. The summed E-state index contributed by atoms with van der Waals surface area (Å²) in [7, 11) is 0. The minimum Gasteiger partial charge on any atom is -0.489 e. The lowest BCUT2D eigenvalue weighted by Gasteiger charge is -2.14. The van der Waals surface area contributed by atoms with Gasteiger partial charge in [0.2, 0.25) is 0 Å². The van der Waals surface area contributed by atoms with Crippen LogP contribution in [0.1, 0.15) is 30.6 Å². The summed E-state index contributed by atoms with van der Waals surface area (Å²) in [5.41, 5.74) is 0.213. The van der Waals surface area contributed by atoms with Gasteiger partial charge in [0.25, 0.3) is 5.91 Å². The molecule has 1 atom stereocenters. The molecule has 0 spiro atoms. The minimum atomic E-state index is -0.887. The van der Waals surface area contributed by atoms with E-state index in [1.54, 1.807) is 6.92 Å². The van der Waals surface area contributed by atoms with Gasteiger partial charge in [-0.2, -0.15) is 0 Å². The number of carbonyl (C=O) groups is 2. The summed E-state index contributed by atoms with van der Waals surface area (Å²) >= 11 is 6.12. The number of esters is 1. The second-order valence-electron chi connectivity index (χ2n) is 4.78. The molecular weight excluding hydrogens is 310 g/mol. The summed E-state index contributed by atoms with van der Waals surface area (Å²) < 4.78 is 16.1. The predicted octanol–water partition coefficient (Wildman–Crippen LogP) is 2.18. The number of halogens is 1.